The van der Waals surface area contributed by atoms with Crippen molar-refractivity contribution in [3.05, 3.63) is 11.4 Å². The van der Waals surface area contributed by atoms with Crippen LogP contribution in [0.4, 0.5) is 5.69 Å². The smallest absolute Gasteiger partial charge is 0.273 e. The van der Waals surface area contributed by atoms with Gasteiger partial charge in [0.05, 0.1) is 11.4 Å². The summed E-state index contributed by atoms with van der Waals surface area (Å²) < 4.78 is 0. The molecule has 0 saturated heterocycles. The minimum Gasteiger partial charge on any atom is -0.395 e. The normalized spacial score (nSPS) is 11.9. The van der Waals surface area contributed by atoms with Crippen LogP contribution in [0.15, 0.2) is 0 Å². The third kappa shape index (κ3) is 4.52. The molecule has 0 aliphatic carbocycles. The molecule has 1 heterocycles. The monoisotopic (exact) mass is 281 g/mol. The third-order valence-corrected chi connectivity index (χ3v) is 3.07. The van der Waals surface area contributed by atoms with Crippen LogP contribution in [0.5, 0.6) is 0 Å². The number of amides is 1. The summed E-state index contributed by atoms with van der Waals surface area (Å²) in [7, 11) is 4.04. The molecule has 0 radical (unpaired) electrons. The molecule has 0 atom stereocenters. The summed E-state index contributed by atoms with van der Waals surface area (Å²) in [6.07, 6.45) is 1.77. The maximum atomic E-state index is 12.1. The number of nitrogen functional groups attached to an aromatic ring is 1. The van der Waals surface area contributed by atoms with Gasteiger partial charge in [0.2, 0.25) is 0 Å². The van der Waals surface area contributed by atoms with E-state index in [0.29, 0.717) is 17.9 Å². The van der Waals surface area contributed by atoms with Crippen molar-refractivity contribution in [1.82, 2.24) is 20.4 Å². The predicted molar refractivity (Wildman–Crippen MR) is 81.7 cm³/mol. The van der Waals surface area contributed by atoms with E-state index in [9.17, 15) is 4.79 Å². The zero-order valence-electron chi connectivity index (χ0n) is 13.2. The van der Waals surface area contributed by atoms with E-state index in [-0.39, 0.29) is 11.3 Å². The number of carbonyl (C=O) groups excluding carboxylic acids is 1. The van der Waals surface area contributed by atoms with Gasteiger partial charge >= 0.3 is 0 Å². The van der Waals surface area contributed by atoms with Gasteiger partial charge in [-0.3, -0.25) is 9.89 Å². The van der Waals surface area contributed by atoms with Crippen LogP contribution in [-0.4, -0.2) is 48.2 Å². The third-order valence-electron chi connectivity index (χ3n) is 3.07. The number of anilines is 1. The first-order valence-electron chi connectivity index (χ1n) is 7.02. The van der Waals surface area contributed by atoms with Gasteiger partial charge in [-0.05, 0) is 25.9 Å². The molecule has 0 saturated carbocycles. The Morgan fingerprint density at radius 1 is 1.45 bits per heavy atom. The summed E-state index contributed by atoms with van der Waals surface area (Å²) in [5, 5.41) is 9.78. The second kappa shape index (κ2) is 6.74. The fourth-order valence-electron chi connectivity index (χ4n) is 2.32. The molecule has 4 N–H and O–H groups in total. The molecule has 0 spiro atoms. The van der Waals surface area contributed by atoms with Gasteiger partial charge in [0.1, 0.15) is 0 Å². The molecule has 0 bridgehead atoms. The number of aryl methyl sites for hydroxylation is 1. The summed E-state index contributed by atoms with van der Waals surface area (Å²) >= 11 is 0. The molecule has 0 fully saturated rings. The lowest BCUT2D eigenvalue weighted by Gasteiger charge is -2.28. The Balaban J connectivity index is 2.63. The predicted octanol–water partition coefficient (Wildman–Crippen LogP) is 1.26. The standard InChI is InChI=1S/C14H27N5O/c1-6-7-10-11(15)12(18-17-10)13(20)16-8-14(2,3)9-19(4)5/h6-9,15H2,1-5H3,(H,16,20)(H,17,18). The van der Waals surface area contributed by atoms with Crippen LogP contribution < -0.4 is 11.1 Å². The van der Waals surface area contributed by atoms with Gasteiger partial charge in [-0.15, -0.1) is 0 Å². The van der Waals surface area contributed by atoms with Crippen molar-refractivity contribution >= 4 is 11.6 Å². The Morgan fingerprint density at radius 3 is 2.65 bits per heavy atom. The lowest BCUT2D eigenvalue weighted by atomic mass is 9.93. The molecule has 6 nitrogen and oxygen atoms in total. The van der Waals surface area contributed by atoms with Crippen molar-refractivity contribution < 1.29 is 4.79 Å². The zero-order chi connectivity index (χ0) is 15.3. The van der Waals surface area contributed by atoms with E-state index in [1.54, 1.807) is 0 Å². The van der Waals surface area contributed by atoms with E-state index in [1.807, 2.05) is 14.1 Å². The number of rotatable bonds is 7. The van der Waals surface area contributed by atoms with Crippen LogP contribution in [0.3, 0.4) is 0 Å². The van der Waals surface area contributed by atoms with Gasteiger partial charge in [0, 0.05) is 13.1 Å². The topological polar surface area (TPSA) is 87.0 Å². The first kappa shape index (κ1) is 16.5. The van der Waals surface area contributed by atoms with E-state index in [1.165, 1.54) is 0 Å². The molecule has 0 aliphatic rings. The first-order chi connectivity index (χ1) is 9.26. The number of H-pyrrole nitrogens is 1. The number of nitrogens with one attached hydrogen (secondary N) is 2. The van der Waals surface area contributed by atoms with Crippen LogP contribution in [0.25, 0.3) is 0 Å². The van der Waals surface area contributed by atoms with E-state index < -0.39 is 0 Å². The second-order valence-electron chi connectivity index (χ2n) is 6.30. The molecule has 0 unspecified atom stereocenters. The summed E-state index contributed by atoms with van der Waals surface area (Å²) in [4.78, 5) is 14.2. The van der Waals surface area contributed by atoms with Gasteiger partial charge in [-0.2, -0.15) is 5.10 Å². The Morgan fingerprint density at radius 2 is 2.10 bits per heavy atom. The van der Waals surface area contributed by atoms with E-state index >= 15 is 0 Å². The molecule has 1 aromatic rings. The molecule has 6 heteroatoms. The largest absolute Gasteiger partial charge is 0.395 e. The number of aromatic amines is 1. The number of nitrogens with two attached hydrogens (primary N) is 1. The quantitative estimate of drug-likeness (QED) is 0.702. The van der Waals surface area contributed by atoms with Crippen molar-refractivity contribution in [3.63, 3.8) is 0 Å². The number of aromatic nitrogens is 2. The average Bonchev–Trinajstić information content (AvgIpc) is 2.67. The van der Waals surface area contributed by atoms with Crippen molar-refractivity contribution in [2.75, 3.05) is 32.9 Å². The van der Waals surface area contributed by atoms with Crippen LogP contribution in [-0.2, 0) is 6.42 Å². The lowest BCUT2D eigenvalue weighted by Crippen LogP contribution is -2.40. The van der Waals surface area contributed by atoms with Crippen LogP contribution in [0.1, 0.15) is 43.4 Å². The maximum absolute atomic E-state index is 12.1. The van der Waals surface area contributed by atoms with E-state index in [0.717, 1.165) is 25.1 Å². The fourth-order valence-corrected chi connectivity index (χ4v) is 2.32. The van der Waals surface area contributed by atoms with Crippen molar-refractivity contribution in [3.8, 4) is 0 Å². The summed E-state index contributed by atoms with van der Waals surface area (Å²) in [6.45, 7) is 7.76. The number of nitrogens with zero attached hydrogens (tertiary/aromatic N) is 2. The highest BCUT2D eigenvalue weighted by Gasteiger charge is 2.22. The molecule has 1 rings (SSSR count). The zero-order valence-corrected chi connectivity index (χ0v) is 13.2. The molecular weight excluding hydrogens is 254 g/mol. The Labute approximate surface area is 121 Å². The van der Waals surface area contributed by atoms with Gasteiger partial charge in [0.25, 0.3) is 5.91 Å². The maximum Gasteiger partial charge on any atom is 0.273 e. The SMILES string of the molecule is CCCc1[nH]nc(C(=O)NCC(C)(C)CN(C)C)c1N. The van der Waals surface area contributed by atoms with Gasteiger partial charge in [-0.1, -0.05) is 27.2 Å². The molecular formula is C14H27N5O. The number of hydrogen-bond acceptors (Lipinski definition) is 4. The van der Waals surface area contributed by atoms with E-state index in [4.69, 9.17) is 5.73 Å². The van der Waals surface area contributed by atoms with Gasteiger partial charge in [-0.25, -0.2) is 0 Å². The molecule has 0 aliphatic heterocycles. The second-order valence-corrected chi connectivity index (χ2v) is 6.30. The Hall–Kier alpha value is -1.56. The van der Waals surface area contributed by atoms with E-state index in [2.05, 4.69) is 41.2 Å². The first-order valence-corrected chi connectivity index (χ1v) is 7.02. The summed E-state index contributed by atoms with van der Waals surface area (Å²) in [5.41, 5.74) is 7.55. The fraction of sp³-hybridized carbons (Fsp3) is 0.714. The van der Waals surface area contributed by atoms with Crippen molar-refractivity contribution in [2.24, 2.45) is 5.41 Å². The van der Waals surface area contributed by atoms with Gasteiger partial charge in [0.15, 0.2) is 5.69 Å². The molecule has 1 aromatic heterocycles. The average molecular weight is 281 g/mol. The van der Waals surface area contributed by atoms with Crippen LogP contribution >= 0.6 is 0 Å². The Kier molecular flexibility index (Phi) is 5.56. The number of hydrogen-bond donors (Lipinski definition) is 3. The number of carbonyl (C=O) groups is 1. The minimum absolute atomic E-state index is 0.00349. The highest BCUT2D eigenvalue weighted by molar-refractivity contribution is 5.97. The molecule has 20 heavy (non-hydrogen) atoms. The highest BCUT2D eigenvalue weighted by Crippen LogP contribution is 2.17. The summed E-state index contributed by atoms with van der Waals surface area (Å²) in [5.74, 6) is -0.215. The Bertz CT molecular complexity index is 450. The highest BCUT2D eigenvalue weighted by atomic mass is 16.1. The molecule has 114 valence electrons. The van der Waals surface area contributed by atoms with Gasteiger partial charge < -0.3 is 16.0 Å². The minimum atomic E-state index is -0.215. The molecule has 0 aromatic carbocycles. The summed E-state index contributed by atoms with van der Waals surface area (Å²) in [6, 6.07) is 0. The van der Waals surface area contributed by atoms with Crippen molar-refractivity contribution in [1.29, 1.82) is 0 Å². The van der Waals surface area contributed by atoms with Crippen LogP contribution in [0.2, 0.25) is 0 Å². The molecule has 1 amide bonds. The van der Waals surface area contributed by atoms with Crippen molar-refractivity contribution in [2.45, 2.75) is 33.6 Å². The van der Waals surface area contributed by atoms with Crippen LogP contribution in [0, 0.1) is 5.41 Å². The lowest BCUT2D eigenvalue weighted by molar-refractivity contribution is 0.0925.